The van der Waals surface area contributed by atoms with Crippen LogP contribution in [0, 0.1) is 11.8 Å². The van der Waals surface area contributed by atoms with Gasteiger partial charge in [0, 0.05) is 12.5 Å². The Labute approximate surface area is 73.7 Å². The largest absolute Gasteiger partial charge is 0.356 e. The Hall–Kier alpha value is -0.530. The van der Waals surface area contributed by atoms with Gasteiger partial charge >= 0.3 is 0 Å². The first-order valence-corrected chi connectivity index (χ1v) is 5.15. The van der Waals surface area contributed by atoms with Gasteiger partial charge in [-0.2, -0.15) is 0 Å². The predicted molar refractivity (Wildman–Crippen MR) is 47.7 cm³/mol. The summed E-state index contributed by atoms with van der Waals surface area (Å²) in [5.41, 5.74) is 0. The van der Waals surface area contributed by atoms with E-state index in [0.717, 1.165) is 13.0 Å². The summed E-state index contributed by atoms with van der Waals surface area (Å²) in [6, 6.07) is 0. The van der Waals surface area contributed by atoms with Crippen molar-refractivity contribution in [3.8, 4) is 0 Å². The monoisotopic (exact) mass is 167 g/mol. The average molecular weight is 167 g/mol. The van der Waals surface area contributed by atoms with Crippen LogP contribution in [0.15, 0.2) is 0 Å². The van der Waals surface area contributed by atoms with Gasteiger partial charge in [0.05, 0.1) is 0 Å². The molecule has 1 amide bonds. The van der Waals surface area contributed by atoms with Crippen molar-refractivity contribution in [1.29, 1.82) is 0 Å². The van der Waals surface area contributed by atoms with Gasteiger partial charge in [0.2, 0.25) is 5.91 Å². The number of piperidine rings is 1. The lowest BCUT2D eigenvalue weighted by Gasteiger charge is -2.26. The first kappa shape index (κ1) is 8.09. The molecule has 2 aliphatic rings. The Balaban J connectivity index is 1.95. The third-order valence-corrected chi connectivity index (χ3v) is 3.30. The third kappa shape index (κ3) is 1.47. The highest BCUT2D eigenvalue weighted by Crippen LogP contribution is 2.34. The summed E-state index contributed by atoms with van der Waals surface area (Å²) in [4.78, 5) is 11.5. The predicted octanol–water partition coefficient (Wildman–Crippen LogP) is 1.70. The van der Waals surface area contributed by atoms with E-state index in [4.69, 9.17) is 0 Å². The molecule has 2 heteroatoms. The molecule has 1 N–H and O–H groups in total. The molecule has 2 nitrogen and oxygen atoms in total. The summed E-state index contributed by atoms with van der Waals surface area (Å²) >= 11 is 0. The Kier molecular flexibility index (Phi) is 2.33. The van der Waals surface area contributed by atoms with Crippen LogP contribution in [0.2, 0.25) is 0 Å². The fourth-order valence-corrected chi connectivity index (χ4v) is 2.61. The molecule has 0 bridgehead atoms. The Bertz CT molecular complexity index is 173. The Morgan fingerprint density at radius 1 is 1.08 bits per heavy atom. The number of nitrogens with one attached hydrogen (secondary N) is 1. The number of rotatable bonds is 1. The summed E-state index contributed by atoms with van der Waals surface area (Å²) in [7, 11) is 0. The zero-order valence-corrected chi connectivity index (χ0v) is 7.51. The van der Waals surface area contributed by atoms with Gasteiger partial charge in [-0.25, -0.2) is 0 Å². The maximum atomic E-state index is 11.5. The second kappa shape index (κ2) is 3.46. The van der Waals surface area contributed by atoms with Gasteiger partial charge in [-0.1, -0.05) is 12.8 Å². The average Bonchev–Trinajstić information content (AvgIpc) is 2.57. The van der Waals surface area contributed by atoms with E-state index >= 15 is 0 Å². The van der Waals surface area contributed by atoms with Gasteiger partial charge < -0.3 is 5.32 Å². The molecule has 0 radical (unpaired) electrons. The van der Waals surface area contributed by atoms with E-state index in [1.54, 1.807) is 0 Å². The SMILES string of the molecule is O=C1NCCCC1C1CCCC1. The maximum absolute atomic E-state index is 11.5. The minimum absolute atomic E-state index is 0.327. The van der Waals surface area contributed by atoms with Crippen LogP contribution in [0.5, 0.6) is 0 Å². The number of hydrogen-bond acceptors (Lipinski definition) is 1. The van der Waals surface area contributed by atoms with Gasteiger partial charge in [0.15, 0.2) is 0 Å². The van der Waals surface area contributed by atoms with Gasteiger partial charge in [0.1, 0.15) is 0 Å². The second-order valence-electron chi connectivity index (χ2n) is 4.08. The van der Waals surface area contributed by atoms with Crippen LogP contribution >= 0.6 is 0 Å². The van der Waals surface area contributed by atoms with Crippen molar-refractivity contribution >= 4 is 5.91 Å². The minimum Gasteiger partial charge on any atom is -0.356 e. The van der Waals surface area contributed by atoms with Gasteiger partial charge in [-0.3, -0.25) is 4.79 Å². The summed E-state index contributed by atoms with van der Waals surface area (Å²) < 4.78 is 0. The van der Waals surface area contributed by atoms with E-state index < -0.39 is 0 Å². The molecule has 1 saturated carbocycles. The smallest absolute Gasteiger partial charge is 0.223 e. The van der Waals surface area contributed by atoms with Crippen molar-refractivity contribution in [3.05, 3.63) is 0 Å². The van der Waals surface area contributed by atoms with Crippen molar-refractivity contribution in [2.45, 2.75) is 38.5 Å². The van der Waals surface area contributed by atoms with Gasteiger partial charge in [-0.15, -0.1) is 0 Å². The molecule has 0 spiro atoms. The molecular weight excluding hydrogens is 150 g/mol. The molecule has 12 heavy (non-hydrogen) atoms. The van der Waals surface area contributed by atoms with Crippen molar-refractivity contribution in [2.24, 2.45) is 11.8 Å². The molecule has 2 fully saturated rings. The number of carbonyl (C=O) groups excluding carboxylic acids is 1. The highest BCUT2D eigenvalue weighted by Gasteiger charge is 2.31. The van der Waals surface area contributed by atoms with Crippen LogP contribution in [-0.4, -0.2) is 12.5 Å². The molecular formula is C10H17NO. The molecule has 0 aromatic heterocycles. The van der Waals surface area contributed by atoms with Gasteiger partial charge in [0.25, 0.3) is 0 Å². The van der Waals surface area contributed by atoms with Crippen LogP contribution in [0.4, 0.5) is 0 Å². The zero-order valence-electron chi connectivity index (χ0n) is 7.51. The molecule has 2 rings (SSSR count). The summed E-state index contributed by atoms with van der Waals surface area (Å²) in [6.45, 7) is 0.905. The van der Waals surface area contributed by atoms with Crippen LogP contribution < -0.4 is 5.32 Å². The number of hydrogen-bond donors (Lipinski definition) is 1. The van der Waals surface area contributed by atoms with Crippen LogP contribution in [0.1, 0.15) is 38.5 Å². The highest BCUT2D eigenvalue weighted by molar-refractivity contribution is 5.79. The van der Waals surface area contributed by atoms with Crippen molar-refractivity contribution in [3.63, 3.8) is 0 Å². The van der Waals surface area contributed by atoms with Crippen molar-refractivity contribution in [1.82, 2.24) is 5.32 Å². The molecule has 1 atom stereocenters. The molecule has 1 aliphatic heterocycles. The molecule has 1 heterocycles. The van der Waals surface area contributed by atoms with E-state index in [9.17, 15) is 4.79 Å². The summed E-state index contributed by atoms with van der Waals surface area (Å²) in [6.07, 6.45) is 7.59. The molecule has 0 aromatic rings. The van der Waals surface area contributed by atoms with Crippen molar-refractivity contribution in [2.75, 3.05) is 6.54 Å². The zero-order chi connectivity index (χ0) is 8.39. The molecule has 1 unspecified atom stereocenters. The Morgan fingerprint density at radius 2 is 1.83 bits per heavy atom. The van der Waals surface area contributed by atoms with Crippen LogP contribution in [0.25, 0.3) is 0 Å². The quantitative estimate of drug-likeness (QED) is 0.632. The van der Waals surface area contributed by atoms with E-state index in [1.165, 1.54) is 32.1 Å². The lowest BCUT2D eigenvalue weighted by molar-refractivity contribution is -0.128. The fraction of sp³-hybridized carbons (Fsp3) is 0.900. The molecule has 1 saturated heterocycles. The first-order chi connectivity index (χ1) is 5.88. The summed E-state index contributed by atoms with van der Waals surface area (Å²) in [5, 5.41) is 2.97. The van der Waals surface area contributed by atoms with E-state index in [1.807, 2.05) is 0 Å². The molecule has 68 valence electrons. The highest BCUT2D eigenvalue weighted by atomic mass is 16.1. The number of carbonyl (C=O) groups is 1. The lowest BCUT2D eigenvalue weighted by atomic mass is 9.84. The molecule has 0 aromatic carbocycles. The van der Waals surface area contributed by atoms with Gasteiger partial charge in [-0.05, 0) is 31.6 Å². The van der Waals surface area contributed by atoms with E-state index in [0.29, 0.717) is 17.7 Å². The normalized spacial score (nSPS) is 32.0. The topological polar surface area (TPSA) is 29.1 Å². The molecule has 1 aliphatic carbocycles. The summed E-state index contributed by atoms with van der Waals surface area (Å²) in [5.74, 6) is 1.40. The van der Waals surface area contributed by atoms with E-state index in [2.05, 4.69) is 5.32 Å². The first-order valence-electron chi connectivity index (χ1n) is 5.15. The number of amides is 1. The standard InChI is InChI=1S/C10H17NO/c12-10-9(6-3-7-11-10)8-4-1-2-5-8/h8-9H,1-7H2,(H,11,12). The van der Waals surface area contributed by atoms with Crippen molar-refractivity contribution < 1.29 is 4.79 Å². The second-order valence-corrected chi connectivity index (χ2v) is 4.08. The minimum atomic E-state index is 0.327. The Morgan fingerprint density at radius 3 is 2.50 bits per heavy atom. The third-order valence-electron chi connectivity index (χ3n) is 3.30. The fourth-order valence-electron chi connectivity index (χ4n) is 2.61. The van der Waals surface area contributed by atoms with E-state index in [-0.39, 0.29) is 0 Å². The van der Waals surface area contributed by atoms with Crippen LogP contribution in [-0.2, 0) is 4.79 Å². The lowest BCUT2D eigenvalue weighted by Crippen LogP contribution is -2.39. The van der Waals surface area contributed by atoms with Crippen LogP contribution in [0.3, 0.4) is 0 Å². The maximum Gasteiger partial charge on any atom is 0.223 e.